The number of aromatic amines is 1. The third-order valence-electron chi connectivity index (χ3n) is 5.50. The Bertz CT molecular complexity index is 1110. The van der Waals surface area contributed by atoms with Crippen molar-refractivity contribution < 1.29 is 19.2 Å². The molecule has 0 bridgehead atoms. The molecule has 0 spiro atoms. The Morgan fingerprint density at radius 1 is 1.12 bits per heavy atom. The monoisotopic (exact) mass is 466 g/mol. The first-order chi connectivity index (χ1) is 16.4. The van der Waals surface area contributed by atoms with Crippen molar-refractivity contribution in [2.45, 2.75) is 32.6 Å². The number of carbonyl (C=O) groups is 1. The average Bonchev–Trinajstić information content (AvgIpc) is 3.32. The number of aryl methyl sites for hydroxylation is 1. The molecule has 0 saturated heterocycles. The Labute approximate surface area is 198 Å². The van der Waals surface area contributed by atoms with Crippen LogP contribution in [-0.4, -0.2) is 53.2 Å². The molecule has 9 heteroatoms. The van der Waals surface area contributed by atoms with Crippen molar-refractivity contribution in [2.24, 2.45) is 0 Å². The van der Waals surface area contributed by atoms with E-state index in [0.717, 1.165) is 42.6 Å². The summed E-state index contributed by atoms with van der Waals surface area (Å²) in [5.74, 6) is 0.111. The van der Waals surface area contributed by atoms with Crippen LogP contribution >= 0.6 is 0 Å². The molecule has 0 fully saturated rings. The molecule has 0 atom stereocenters. The van der Waals surface area contributed by atoms with Crippen molar-refractivity contribution in [3.63, 3.8) is 0 Å². The van der Waals surface area contributed by atoms with Gasteiger partial charge in [0.15, 0.2) is 11.5 Å². The SMILES string of the molecule is CCOc1cc(C(=O)N(C)CCCCCc2cc(-c3ccccc3)n[nH]2)c([N+](=O)[O-])cc1OC. The topological polar surface area (TPSA) is 111 Å². The fourth-order valence-electron chi connectivity index (χ4n) is 3.69. The zero-order chi connectivity index (χ0) is 24.5. The fraction of sp³-hybridized carbons (Fsp3) is 0.360. The second-order valence-corrected chi connectivity index (χ2v) is 7.89. The maximum Gasteiger partial charge on any atom is 0.286 e. The smallest absolute Gasteiger partial charge is 0.286 e. The Kier molecular flexibility index (Phi) is 8.61. The predicted octanol–water partition coefficient (Wildman–Crippen LogP) is 4.88. The van der Waals surface area contributed by atoms with E-state index in [1.807, 2.05) is 30.3 Å². The summed E-state index contributed by atoms with van der Waals surface area (Å²) in [6, 6.07) is 14.7. The predicted molar refractivity (Wildman–Crippen MR) is 129 cm³/mol. The number of hydrogen-bond donors (Lipinski definition) is 1. The van der Waals surface area contributed by atoms with Gasteiger partial charge in [-0.15, -0.1) is 0 Å². The highest BCUT2D eigenvalue weighted by molar-refractivity contribution is 5.99. The van der Waals surface area contributed by atoms with E-state index < -0.39 is 10.8 Å². The number of ether oxygens (including phenoxy) is 2. The molecule has 0 radical (unpaired) electrons. The summed E-state index contributed by atoms with van der Waals surface area (Å²) in [6.07, 6.45) is 3.49. The van der Waals surface area contributed by atoms with Gasteiger partial charge in [0.2, 0.25) is 0 Å². The lowest BCUT2D eigenvalue weighted by atomic mass is 10.1. The van der Waals surface area contributed by atoms with E-state index >= 15 is 0 Å². The molecule has 3 rings (SSSR count). The maximum absolute atomic E-state index is 13.0. The molecule has 2 aromatic carbocycles. The molecule has 0 aliphatic heterocycles. The van der Waals surface area contributed by atoms with Gasteiger partial charge in [0.05, 0.1) is 30.4 Å². The highest BCUT2D eigenvalue weighted by Crippen LogP contribution is 2.35. The first kappa shape index (κ1) is 24.8. The Morgan fingerprint density at radius 2 is 1.88 bits per heavy atom. The van der Waals surface area contributed by atoms with E-state index in [4.69, 9.17) is 9.47 Å². The number of nitrogens with zero attached hydrogens (tertiary/aromatic N) is 3. The highest BCUT2D eigenvalue weighted by atomic mass is 16.6. The summed E-state index contributed by atoms with van der Waals surface area (Å²) in [7, 11) is 3.05. The zero-order valence-electron chi connectivity index (χ0n) is 19.7. The van der Waals surface area contributed by atoms with Gasteiger partial charge in [0.1, 0.15) is 5.56 Å². The molecule has 1 heterocycles. The van der Waals surface area contributed by atoms with Gasteiger partial charge < -0.3 is 14.4 Å². The van der Waals surface area contributed by atoms with Crippen LogP contribution in [0.3, 0.4) is 0 Å². The quantitative estimate of drug-likeness (QED) is 0.231. The van der Waals surface area contributed by atoms with Crippen molar-refractivity contribution in [1.82, 2.24) is 15.1 Å². The maximum atomic E-state index is 13.0. The summed E-state index contributed by atoms with van der Waals surface area (Å²) in [4.78, 5) is 25.4. The zero-order valence-corrected chi connectivity index (χ0v) is 19.7. The molecule has 1 N–H and O–H groups in total. The van der Waals surface area contributed by atoms with Gasteiger partial charge >= 0.3 is 0 Å². The van der Waals surface area contributed by atoms with E-state index in [1.54, 1.807) is 14.0 Å². The molecule has 9 nitrogen and oxygen atoms in total. The number of carbonyl (C=O) groups excluding carboxylic acids is 1. The second kappa shape index (κ2) is 11.8. The van der Waals surface area contributed by atoms with Crippen LogP contribution < -0.4 is 9.47 Å². The third-order valence-corrected chi connectivity index (χ3v) is 5.50. The van der Waals surface area contributed by atoms with Crippen LogP contribution in [0.5, 0.6) is 11.5 Å². The molecule has 0 saturated carbocycles. The van der Waals surface area contributed by atoms with Crippen molar-refractivity contribution in [3.8, 4) is 22.8 Å². The first-order valence-corrected chi connectivity index (χ1v) is 11.3. The molecular formula is C25H30N4O5. The minimum atomic E-state index is -0.576. The number of rotatable bonds is 12. The van der Waals surface area contributed by atoms with E-state index in [-0.39, 0.29) is 17.0 Å². The van der Waals surface area contributed by atoms with E-state index in [2.05, 4.69) is 16.3 Å². The second-order valence-electron chi connectivity index (χ2n) is 7.89. The van der Waals surface area contributed by atoms with Crippen LogP contribution in [0.4, 0.5) is 5.69 Å². The largest absolute Gasteiger partial charge is 0.493 e. The molecule has 1 aromatic heterocycles. The van der Waals surface area contributed by atoms with Gasteiger partial charge in [-0.3, -0.25) is 20.0 Å². The first-order valence-electron chi connectivity index (χ1n) is 11.3. The van der Waals surface area contributed by atoms with Crippen LogP contribution in [0.1, 0.15) is 42.2 Å². The minimum absolute atomic E-state index is 0.0114. The molecule has 0 aliphatic carbocycles. The fourth-order valence-corrected chi connectivity index (χ4v) is 3.69. The van der Waals surface area contributed by atoms with Gasteiger partial charge in [0, 0.05) is 30.9 Å². The summed E-state index contributed by atoms with van der Waals surface area (Å²) in [5, 5.41) is 19.0. The van der Waals surface area contributed by atoms with Gasteiger partial charge in [-0.1, -0.05) is 36.8 Å². The average molecular weight is 467 g/mol. The van der Waals surface area contributed by atoms with E-state index in [1.165, 1.54) is 24.1 Å². The van der Waals surface area contributed by atoms with Crippen molar-refractivity contribution >= 4 is 11.6 Å². The summed E-state index contributed by atoms with van der Waals surface area (Å²) >= 11 is 0. The molecule has 180 valence electrons. The molecule has 0 unspecified atom stereocenters. The van der Waals surface area contributed by atoms with Crippen LogP contribution in [0.15, 0.2) is 48.5 Å². The van der Waals surface area contributed by atoms with Gasteiger partial charge in [0.25, 0.3) is 11.6 Å². The number of aromatic nitrogens is 2. The molecule has 34 heavy (non-hydrogen) atoms. The number of unbranched alkanes of at least 4 members (excludes halogenated alkanes) is 2. The summed E-state index contributed by atoms with van der Waals surface area (Å²) in [5.41, 5.74) is 2.76. The number of benzene rings is 2. The minimum Gasteiger partial charge on any atom is -0.493 e. The van der Waals surface area contributed by atoms with Crippen LogP contribution in [-0.2, 0) is 6.42 Å². The van der Waals surface area contributed by atoms with Crippen LogP contribution in [0, 0.1) is 10.1 Å². The lowest BCUT2D eigenvalue weighted by Gasteiger charge is -2.18. The van der Waals surface area contributed by atoms with Crippen molar-refractivity contribution in [3.05, 3.63) is 69.9 Å². The Hall–Kier alpha value is -3.88. The molecule has 1 amide bonds. The lowest BCUT2D eigenvalue weighted by molar-refractivity contribution is -0.385. The number of nitro groups is 1. The number of amides is 1. The highest BCUT2D eigenvalue weighted by Gasteiger charge is 2.26. The standard InChI is InChI=1S/C25H30N4O5/c1-4-34-24-16-20(22(29(31)32)17-23(24)33-3)25(30)28(2)14-10-6-9-13-19-15-21(27-26-19)18-11-7-5-8-12-18/h5,7-8,11-12,15-17H,4,6,9-10,13-14H2,1-3H3,(H,26,27). The number of nitro benzene ring substituents is 1. The molecular weight excluding hydrogens is 436 g/mol. The summed E-state index contributed by atoms with van der Waals surface area (Å²) in [6.45, 7) is 2.63. The van der Waals surface area contributed by atoms with E-state index in [9.17, 15) is 14.9 Å². The van der Waals surface area contributed by atoms with Crippen LogP contribution in [0.2, 0.25) is 0 Å². The molecule has 0 aliphatic rings. The normalized spacial score (nSPS) is 10.7. The van der Waals surface area contributed by atoms with Crippen molar-refractivity contribution in [1.29, 1.82) is 0 Å². The number of methoxy groups -OCH3 is 1. The molecule has 3 aromatic rings. The van der Waals surface area contributed by atoms with Gasteiger partial charge in [-0.2, -0.15) is 5.10 Å². The Balaban J connectivity index is 1.53. The summed E-state index contributed by atoms with van der Waals surface area (Å²) < 4.78 is 10.7. The number of H-pyrrole nitrogens is 1. The Morgan fingerprint density at radius 3 is 2.56 bits per heavy atom. The number of nitrogens with one attached hydrogen (secondary N) is 1. The third kappa shape index (κ3) is 6.12. The van der Waals surface area contributed by atoms with Crippen molar-refractivity contribution in [2.75, 3.05) is 27.3 Å². The van der Waals surface area contributed by atoms with Gasteiger partial charge in [-0.05, 0) is 32.3 Å². The number of hydrogen-bond acceptors (Lipinski definition) is 6. The van der Waals surface area contributed by atoms with Crippen LogP contribution in [0.25, 0.3) is 11.3 Å². The van der Waals surface area contributed by atoms with E-state index in [0.29, 0.717) is 18.9 Å². The lowest BCUT2D eigenvalue weighted by Crippen LogP contribution is -2.28. The van der Waals surface area contributed by atoms with Gasteiger partial charge in [-0.25, -0.2) is 0 Å².